The summed E-state index contributed by atoms with van der Waals surface area (Å²) in [6.07, 6.45) is 2.15. The van der Waals surface area contributed by atoms with Crippen LogP contribution in [0.4, 0.5) is 0 Å². The minimum absolute atomic E-state index is 0.188. The first-order chi connectivity index (χ1) is 6.98. The number of rotatable bonds is 0. The Morgan fingerprint density at radius 1 is 1.27 bits per heavy atom. The van der Waals surface area contributed by atoms with E-state index in [1.54, 1.807) is 0 Å². The molecule has 1 aliphatic heterocycles. The first-order valence-corrected chi connectivity index (χ1v) is 6.82. The van der Waals surface area contributed by atoms with Crippen LogP contribution < -0.4 is 0 Å². The summed E-state index contributed by atoms with van der Waals surface area (Å²) in [6, 6.07) is 6.43. The SMILES string of the molecule is CC(C)(C)c1ccc2c(c1)CCC[S+]2[O-]. The Balaban J connectivity index is 2.42. The molecule has 0 aliphatic carbocycles. The summed E-state index contributed by atoms with van der Waals surface area (Å²) in [6.45, 7) is 6.65. The van der Waals surface area contributed by atoms with Crippen molar-refractivity contribution in [3.05, 3.63) is 29.3 Å². The molecule has 1 atom stereocenters. The third kappa shape index (κ3) is 2.21. The Bertz CT molecular complexity index is 365. The van der Waals surface area contributed by atoms with Crippen LogP contribution in [0, 0.1) is 0 Å². The number of benzene rings is 1. The summed E-state index contributed by atoms with van der Waals surface area (Å²) in [5.74, 6) is 0.835. The molecule has 0 saturated heterocycles. The largest absolute Gasteiger partial charge is 0.611 e. The quantitative estimate of drug-likeness (QED) is 0.619. The fourth-order valence-electron chi connectivity index (χ4n) is 1.97. The minimum atomic E-state index is -0.750. The molecule has 1 heterocycles. The summed E-state index contributed by atoms with van der Waals surface area (Å²) in [5.41, 5.74) is 2.83. The summed E-state index contributed by atoms with van der Waals surface area (Å²) in [5, 5.41) is 0. The second kappa shape index (κ2) is 3.84. The van der Waals surface area contributed by atoms with Crippen molar-refractivity contribution in [1.29, 1.82) is 0 Å². The van der Waals surface area contributed by atoms with Crippen LogP contribution in [0.15, 0.2) is 23.1 Å². The highest BCUT2D eigenvalue weighted by Gasteiger charge is 2.23. The van der Waals surface area contributed by atoms with E-state index in [0.29, 0.717) is 0 Å². The summed E-state index contributed by atoms with van der Waals surface area (Å²) >= 11 is -0.750. The zero-order valence-corrected chi connectivity index (χ0v) is 10.5. The molecule has 0 aromatic heterocycles. The zero-order valence-electron chi connectivity index (χ0n) is 9.67. The van der Waals surface area contributed by atoms with Gasteiger partial charge in [0.15, 0.2) is 4.90 Å². The van der Waals surface area contributed by atoms with Crippen LogP contribution in [0.1, 0.15) is 38.3 Å². The number of aryl methyl sites for hydroxylation is 1. The number of hydrogen-bond donors (Lipinski definition) is 0. The van der Waals surface area contributed by atoms with Gasteiger partial charge in [0.05, 0.1) is 0 Å². The van der Waals surface area contributed by atoms with E-state index in [0.717, 1.165) is 23.5 Å². The van der Waals surface area contributed by atoms with Crippen LogP contribution in [0.2, 0.25) is 0 Å². The van der Waals surface area contributed by atoms with E-state index >= 15 is 0 Å². The molecule has 0 amide bonds. The van der Waals surface area contributed by atoms with Crippen LogP contribution in [0.25, 0.3) is 0 Å². The average Bonchev–Trinajstić information content (AvgIpc) is 2.16. The van der Waals surface area contributed by atoms with E-state index in [1.807, 2.05) is 0 Å². The second-order valence-electron chi connectivity index (χ2n) is 5.23. The molecule has 1 aliphatic rings. The van der Waals surface area contributed by atoms with E-state index in [1.165, 1.54) is 11.1 Å². The van der Waals surface area contributed by atoms with E-state index in [-0.39, 0.29) is 5.41 Å². The monoisotopic (exact) mass is 222 g/mol. The molecule has 1 nitrogen and oxygen atoms in total. The van der Waals surface area contributed by atoms with Gasteiger partial charge in [-0.3, -0.25) is 0 Å². The van der Waals surface area contributed by atoms with Gasteiger partial charge in [0, 0.05) is 5.56 Å². The maximum atomic E-state index is 11.8. The minimum Gasteiger partial charge on any atom is -0.611 e. The third-order valence-corrected chi connectivity index (χ3v) is 4.50. The van der Waals surface area contributed by atoms with Gasteiger partial charge in [-0.15, -0.1) is 0 Å². The average molecular weight is 222 g/mol. The fourth-order valence-corrected chi connectivity index (χ4v) is 3.27. The molecule has 1 aromatic carbocycles. The molecule has 0 N–H and O–H groups in total. The molecule has 1 unspecified atom stereocenters. The lowest BCUT2D eigenvalue weighted by Gasteiger charge is -2.24. The van der Waals surface area contributed by atoms with Crippen molar-refractivity contribution in [3.8, 4) is 0 Å². The Morgan fingerprint density at radius 2 is 2.00 bits per heavy atom. The van der Waals surface area contributed by atoms with Crippen LogP contribution >= 0.6 is 0 Å². The van der Waals surface area contributed by atoms with Crippen molar-refractivity contribution in [2.24, 2.45) is 0 Å². The van der Waals surface area contributed by atoms with Crippen molar-refractivity contribution >= 4 is 11.2 Å². The Hall–Kier alpha value is -0.470. The maximum Gasteiger partial charge on any atom is 0.155 e. The lowest BCUT2D eigenvalue weighted by atomic mass is 9.86. The van der Waals surface area contributed by atoms with Gasteiger partial charge in [-0.2, -0.15) is 0 Å². The van der Waals surface area contributed by atoms with Crippen molar-refractivity contribution < 1.29 is 4.55 Å². The molecule has 2 heteroatoms. The molecular formula is C13H18OS. The van der Waals surface area contributed by atoms with Gasteiger partial charge in [0.25, 0.3) is 0 Å². The molecule has 2 rings (SSSR count). The van der Waals surface area contributed by atoms with Crippen molar-refractivity contribution in [2.45, 2.75) is 43.9 Å². The molecule has 0 radical (unpaired) electrons. The van der Waals surface area contributed by atoms with Gasteiger partial charge in [0.2, 0.25) is 0 Å². The van der Waals surface area contributed by atoms with Gasteiger partial charge in [-0.25, -0.2) is 0 Å². The van der Waals surface area contributed by atoms with Gasteiger partial charge in [-0.1, -0.05) is 32.9 Å². The highest BCUT2D eigenvalue weighted by molar-refractivity contribution is 7.91. The molecule has 0 bridgehead atoms. The smallest absolute Gasteiger partial charge is 0.155 e. The van der Waals surface area contributed by atoms with Gasteiger partial charge in [-0.05, 0) is 41.1 Å². The van der Waals surface area contributed by atoms with Gasteiger partial charge in [0.1, 0.15) is 5.75 Å². The predicted octanol–water partition coefficient (Wildman–Crippen LogP) is 3.04. The van der Waals surface area contributed by atoms with Crippen molar-refractivity contribution in [2.75, 3.05) is 5.75 Å². The van der Waals surface area contributed by atoms with Crippen molar-refractivity contribution in [1.82, 2.24) is 0 Å². The molecule has 1 aromatic rings. The molecular weight excluding hydrogens is 204 g/mol. The Morgan fingerprint density at radius 3 is 2.67 bits per heavy atom. The molecule has 82 valence electrons. The number of hydrogen-bond acceptors (Lipinski definition) is 1. The van der Waals surface area contributed by atoms with Crippen LogP contribution in [0.5, 0.6) is 0 Å². The lowest BCUT2D eigenvalue weighted by Crippen LogP contribution is -2.18. The van der Waals surface area contributed by atoms with Crippen LogP contribution in [0.3, 0.4) is 0 Å². The molecule has 15 heavy (non-hydrogen) atoms. The first-order valence-electron chi connectivity index (χ1n) is 5.50. The highest BCUT2D eigenvalue weighted by atomic mass is 32.2. The van der Waals surface area contributed by atoms with E-state index in [2.05, 4.69) is 39.0 Å². The zero-order chi connectivity index (χ0) is 11.1. The molecule has 0 saturated carbocycles. The fraction of sp³-hybridized carbons (Fsp3) is 0.538. The Labute approximate surface area is 95.1 Å². The predicted molar refractivity (Wildman–Crippen MR) is 64.7 cm³/mol. The van der Waals surface area contributed by atoms with E-state index in [4.69, 9.17) is 0 Å². The topological polar surface area (TPSA) is 23.1 Å². The molecule has 0 fully saturated rings. The van der Waals surface area contributed by atoms with Crippen LogP contribution in [-0.2, 0) is 23.0 Å². The number of fused-ring (bicyclic) bond motifs is 1. The standard InChI is InChI=1S/C13H18OS/c1-13(2,3)11-6-7-12-10(9-11)5-4-8-15(12)14/h6-7,9H,4-5,8H2,1-3H3. The van der Waals surface area contributed by atoms with Crippen molar-refractivity contribution in [3.63, 3.8) is 0 Å². The second-order valence-corrected chi connectivity index (χ2v) is 6.76. The maximum absolute atomic E-state index is 11.8. The lowest BCUT2D eigenvalue weighted by molar-refractivity contribution is 0.577. The van der Waals surface area contributed by atoms with Gasteiger partial charge < -0.3 is 4.55 Å². The summed E-state index contributed by atoms with van der Waals surface area (Å²) in [4.78, 5) is 1.06. The van der Waals surface area contributed by atoms with E-state index < -0.39 is 11.2 Å². The summed E-state index contributed by atoms with van der Waals surface area (Å²) < 4.78 is 11.8. The summed E-state index contributed by atoms with van der Waals surface area (Å²) in [7, 11) is 0. The normalized spacial score (nSPS) is 21.2. The van der Waals surface area contributed by atoms with E-state index in [9.17, 15) is 4.55 Å². The first kappa shape index (κ1) is 11.0. The third-order valence-electron chi connectivity index (χ3n) is 2.95. The highest BCUT2D eigenvalue weighted by Crippen LogP contribution is 2.30. The van der Waals surface area contributed by atoms with Crippen LogP contribution in [-0.4, -0.2) is 10.3 Å². The van der Waals surface area contributed by atoms with Gasteiger partial charge >= 0.3 is 0 Å². The molecule has 0 spiro atoms. The Kier molecular flexibility index (Phi) is 2.82.